The average Bonchev–Trinajstić information content (AvgIpc) is 2.95. The maximum Gasteiger partial charge on any atom is 0.0772 e. The molecule has 1 rings (SSSR count). The van der Waals surface area contributed by atoms with Crippen molar-refractivity contribution >= 4 is 9.47 Å². The lowest BCUT2D eigenvalue weighted by Crippen LogP contribution is -1.93. The highest BCUT2D eigenvalue weighted by Gasteiger charge is 2.34. The van der Waals surface area contributed by atoms with Gasteiger partial charge in [-0.25, -0.2) is 0 Å². The molecule has 1 N–H and O–H groups in total. The molecule has 0 aromatic rings. The predicted octanol–water partition coefficient (Wildman–Crippen LogP) is 1.76. The molecule has 1 aliphatic rings. The van der Waals surface area contributed by atoms with E-state index in [1.165, 1.54) is 0 Å². The van der Waals surface area contributed by atoms with E-state index in [4.69, 9.17) is 9.63 Å². The third-order valence-electron chi connectivity index (χ3n) is 2.44. The fourth-order valence-electron chi connectivity index (χ4n) is 1.26. The van der Waals surface area contributed by atoms with Crippen LogP contribution in [0.1, 0.15) is 19.8 Å². The van der Waals surface area contributed by atoms with Gasteiger partial charge in [-0.3, -0.25) is 0 Å². The summed E-state index contributed by atoms with van der Waals surface area (Å²) in [5.41, 5.74) is 0. The Morgan fingerprint density at radius 1 is 1.64 bits per heavy atom. The normalized spacial score (nSPS) is 27.1. The molecule has 4 unspecified atom stereocenters. The van der Waals surface area contributed by atoms with Crippen molar-refractivity contribution < 1.29 is 9.63 Å². The van der Waals surface area contributed by atoms with Crippen molar-refractivity contribution in [1.29, 1.82) is 0 Å². The Bertz CT molecular complexity index is 252. The van der Waals surface area contributed by atoms with Crippen molar-refractivity contribution in [1.82, 2.24) is 0 Å². The van der Waals surface area contributed by atoms with Crippen LogP contribution in [0.2, 0.25) is 0 Å². The van der Waals surface area contributed by atoms with E-state index in [1.54, 1.807) is 0 Å². The van der Waals surface area contributed by atoms with Crippen molar-refractivity contribution in [3.05, 3.63) is 12.2 Å². The van der Waals surface area contributed by atoms with Gasteiger partial charge in [-0.15, -0.1) is 0 Å². The van der Waals surface area contributed by atoms with Crippen LogP contribution in [0.4, 0.5) is 0 Å². The summed E-state index contributed by atoms with van der Waals surface area (Å²) in [4.78, 5) is 0. The van der Waals surface area contributed by atoms with Crippen LogP contribution in [0.3, 0.4) is 0 Å². The van der Waals surface area contributed by atoms with Gasteiger partial charge in [-0.2, -0.15) is 0 Å². The Morgan fingerprint density at radius 3 is 3.00 bits per heavy atom. The molecule has 14 heavy (non-hydrogen) atoms. The SMILES string of the molecule is CC(/C=C/C#CCC1CC1CO)OP. The van der Waals surface area contributed by atoms with Gasteiger partial charge in [0.1, 0.15) is 0 Å². The van der Waals surface area contributed by atoms with E-state index in [9.17, 15) is 0 Å². The fourth-order valence-corrected chi connectivity index (χ4v) is 1.35. The first kappa shape index (κ1) is 11.7. The number of hydrogen-bond donors (Lipinski definition) is 1. The van der Waals surface area contributed by atoms with Crippen LogP contribution in [0, 0.1) is 23.7 Å². The zero-order valence-electron chi connectivity index (χ0n) is 8.44. The molecular formula is C11H17O2P. The molecule has 0 aromatic heterocycles. The number of allylic oxidation sites excluding steroid dienone is 1. The molecule has 0 saturated heterocycles. The molecule has 0 heterocycles. The quantitative estimate of drug-likeness (QED) is 0.568. The molecule has 4 atom stereocenters. The standard InChI is InChI=1S/C11H17O2P/c1-9(13-14)5-3-2-4-6-10-7-11(10)8-12/h3,5,9-12H,6-8,14H2,1H3/b5-3+. The number of hydrogen-bond acceptors (Lipinski definition) is 2. The molecule has 0 aliphatic heterocycles. The van der Waals surface area contributed by atoms with Crippen LogP contribution >= 0.6 is 9.47 Å². The van der Waals surface area contributed by atoms with Gasteiger partial charge in [0.25, 0.3) is 0 Å². The number of aliphatic hydroxyl groups excluding tert-OH is 1. The summed E-state index contributed by atoms with van der Waals surface area (Å²) in [5.74, 6) is 7.20. The van der Waals surface area contributed by atoms with Gasteiger partial charge in [0.15, 0.2) is 0 Å². The second kappa shape index (κ2) is 6.19. The number of aliphatic hydroxyl groups is 1. The summed E-state index contributed by atoms with van der Waals surface area (Å²) in [6.45, 7) is 2.27. The van der Waals surface area contributed by atoms with Crippen LogP contribution in [0.15, 0.2) is 12.2 Å². The lowest BCUT2D eigenvalue weighted by molar-refractivity contribution is 0.269. The van der Waals surface area contributed by atoms with E-state index in [1.807, 2.05) is 19.1 Å². The van der Waals surface area contributed by atoms with Gasteiger partial charge >= 0.3 is 0 Å². The Morgan fingerprint density at radius 2 is 2.43 bits per heavy atom. The third kappa shape index (κ3) is 4.24. The highest BCUT2D eigenvalue weighted by atomic mass is 31.0. The van der Waals surface area contributed by atoms with E-state index in [0.717, 1.165) is 12.8 Å². The summed E-state index contributed by atoms with van der Waals surface area (Å²) in [6.07, 6.45) is 5.88. The van der Waals surface area contributed by atoms with Crippen molar-refractivity contribution in [2.75, 3.05) is 6.61 Å². The summed E-state index contributed by atoms with van der Waals surface area (Å²) in [7, 11) is 2.22. The Hall–Kier alpha value is -0.350. The minimum Gasteiger partial charge on any atom is -0.396 e. The molecule has 3 heteroatoms. The maximum absolute atomic E-state index is 8.80. The smallest absolute Gasteiger partial charge is 0.0772 e. The van der Waals surface area contributed by atoms with Crippen molar-refractivity contribution in [3.63, 3.8) is 0 Å². The molecule has 1 aliphatic carbocycles. The largest absolute Gasteiger partial charge is 0.396 e. The summed E-state index contributed by atoms with van der Waals surface area (Å²) in [5, 5.41) is 8.80. The summed E-state index contributed by atoms with van der Waals surface area (Å²) < 4.78 is 4.95. The van der Waals surface area contributed by atoms with Gasteiger partial charge in [0.05, 0.1) is 6.10 Å². The fraction of sp³-hybridized carbons (Fsp3) is 0.636. The Labute approximate surface area is 88.0 Å². The zero-order valence-corrected chi connectivity index (χ0v) is 9.60. The molecule has 0 bridgehead atoms. The van der Waals surface area contributed by atoms with Crippen LogP contribution < -0.4 is 0 Å². The minimum atomic E-state index is 0.0976. The summed E-state index contributed by atoms with van der Waals surface area (Å²) in [6, 6.07) is 0. The molecule has 2 nitrogen and oxygen atoms in total. The molecular weight excluding hydrogens is 195 g/mol. The van der Waals surface area contributed by atoms with E-state index in [-0.39, 0.29) is 6.10 Å². The lowest BCUT2D eigenvalue weighted by atomic mass is 10.2. The van der Waals surface area contributed by atoms with Crippen molar-refractivity contribution in [2.45, 2.75) is 25.9 Å². The van der Waals surface area contributed by atoms with Crippen molar-refractivity contribution in [2.24, 2.45) is 11.8 Å². The highest BCUT2D eigenvalue weighted by molar-refractivity contribution is 7.09. The van der Waals surface area contributed by atoms with Crippen LogP contribution in [-0.2, 0) is 4.52 Å². The van der Waals surface area contributed by atoms with Crippen LogP contribution in [-0.4, -0.2) is 17.8 Å². The van der Waals surface area contributed by atoms with Crippen LogP contribution in [0.25, 0.3) is 0 Å². The first-order valence-electron chi connectivity index (χ1n) is 4.89. The number of rotatable bonds is 4. The van der Waals surface area contributed by atoms with Gasteiger partial charge in [0, 0.05) is 22.5 Å². The summed E-state index contributed by atoms with van der Waals surface area (Å²) >= 11 is 0. The van der Waals surface area contributed by atoms with Gasteiger partial charge in [-0.05, 0) is 37.3 Å². The molecule has 1 fully saturated rings. The monoisotopic (exact) mass is 212 g/mol. The van der Waals surface area contributed by atoms with E-state index >= 15 is 0 Å². The minimum absolute atomic E-state index is 0.0976. The second-order valence-corrected chi connectivity index (χ2v) is 3.94. The topological polar surface area (TPSA) is 29.5 Å². The first-order chi connectivity index (χ1) is 6.77. The second-order valence-electron chi connectivity index (χ2n) is 3.66. The Balaban J connectivity index is 2.12. The molecule has 0 radical (unpaired) electrons. The average molecular weight is 212 g/mol. The van der Waals surface area contributed by atoms with Crippen molar-refractivity contribution in [3.8, 4) is 11.8 Å². The third-order valence-corrected chi connectivity index (χ3v) is 2.86. The predicted molar refractivity (Wildman–Crippen MR) is 60.5 cm³/mol. The van der Waals surface area contributed by atoms with E-state index in [2.05, 4.69) is 21.3 Å². The molecule has 78 valence electrons. The Kier molecular flexibility index (Phi) is 5.19. The van der Waals surface area contributed by atoms with Gasteiger partial charge in [-0.1, -0.05) is 11.8 Å². The molecule has 0 amide bonds. The van der Waals surface area contributed by atoms with Crippen LogP contribution in [0.5, 0.6) is 0 Å². The van der Waals surface area contributed by atoms with Gasteiger partial charge in [0.2, 0.25) is 0 Å². The van der Waals surface area contributed by atoms with E-state index in [0.29, 0.717) is 18.4 Å². The zero-order chi connectivity index (χ0) is 10.4. The maximum atomic E-state index is 8.80. The molecule has 0 aromatic carbocycles. The van der Waals surface area contributed by atoms with E-state index < -0.39 is 0 Å². The van der Waals surface area contributed by atoms with Gasteiger partial charge < -0.3 is 9.63 Å². The molecule has 0 spiro atoms. The highest BCUT2D eigenvalue weighted by Crippen LogP contribution is 2.40. The first-order valence-corrected chi connectivity index (χ1v) is 5.36. The molecule has 1 saturated carbocycles. The lowest BCUT2D eigenvalue weighted by Gasteiger charge is -1.98.